The van der Waals surface area contributed by atoms with Crippen molar-refractivity contribution in [3.8, 4) is 11.4 Å². The summed E-state index contributed by atoms with van der Waals surface area (Å²) in [5.41, 5.74) is 5.60. The fourth-order valence-electron chi connectivity index (χ4n) is 3.61. The number of nitrogens with one attached hydrogen (secondary N) is 1. The lowest BCUT2D eigenvalue weighted by atomic mass is 10.1. The van der Waals surface area contributed by atoms with Crippen molar-refractivity contribution in [3.05, 3.63) is 94.7 Å². The van der Waals surface area contributed by atoms with Gasteiger partial charge in [0, 0.05) is 0 Å². The molecule has 3 aromatic carbocycles. The highest BCUT2D eigenvalue weighted by molar-refractivity contribution is 5.86. The van der Waals surface area contributed by atoms with Crippen LogP contribution >= 0.6 is 0 Å². The van der Waals surface area contributed by atoms with Crippen molar-refractivity contribution in [2.45, 2.75) is 13.8 Å². The van der Waals surface area contributed by atoms with Gasteiger partial charge in [0.15, 0.2) is 12.3 Å². The van der Waals surface area contributed by atoms with Gasteiger partial charge in [-0.1, -0.05) is 36.4 Å². The molecule has 0 spiro atoms. The van der Waals surface area contributed by atoms with Crippen LogP contribution in [0.5, 0.6) is 5.75 Å². The van der Waals surface area contributed by atoms with Crippen LogP contribution in [0.4, 0.5) is 0 Å². The molecule has 33 heavy (non-hydrogen) atoms. The van der Waals surface area contributed by atoms with Gasteiger partial charge in [-0.2, -0.15) is 5.10 Å². The van der Waals surface area contributed by atoms with Crippen LogP contribution in [0.15, 0.2) is 78.0 Å². The van der Waals surface area contributed by atoms with E-state index in [1.54, 1.807) is 10.7 Å². The average molecular weight is 439 g/mol. The smallest absolute Gasteiger partial charge is 0.283 e. The standard InChI is InChI=1S/C25H21N5O3/c1-16-7-9-20(11-17(16)2)30-24-22(13-27-30)25(32)29(15-26-24)28-23(31)14-33-21-10-8-18-5-3-4-6-19(18)12-21/h3-13,15H,14H2,1-2H3,(H,28,31). The molecule has 5 aromatic rings. The number of fused-ring (bicyclic) bond motifs is 2. The minimum atomic E-state index is -0.479. The number of hydrogen-bond donors (Lipinski definition) is 1. The molecule has 1 N–H and O–H groups in total. The van der Waals surface area contributed by atoms with Crippen molar-refractivity contribution < 1.29 is 9.53 Å². The Morgan fingerprint density at radius 2 is 1.82 bits per heavy atom. The third-order valence-electron chi connectivity index (χ3n) is 5.56. The van der Waals surface area contributed by atoms with E-state index in [0.29, 0.717) is 16.8 Å². The number of rotatable bonds is 5. The minimum Gasteiger partial charge on any atom is -0.484 e. The highest BCUT2D eigenvalue weighted by Crippen LogP contribution is 2.20. The van der Waals surface area contributed by atoms with Crippen LogP contribution in [0.3, 0.4) is 0 Å². The van der Waals surface area contributed by atoms with E-state index in [1.165, 1.54) is 18.1 Å². The summed E-state index contributed by atoms with van der Waals surface area (Å²) in [6, 6.07) is 19.4. The zero-order valence-corrected chi connectivity index (χ0v) is 18.1. The Morgan fingerprint density at radius 1 is 1.00 bits per heavy atom. The summed E-state index contributed by atoms with van der Waals surface area (Å²) in [4.78, 5) is 29.6. The molecule has 0 aliphatic heterocycles. The van der Waals surface area contributed by atoms with E-state index in [9.17, 15) is 9.59 Å². The number of carbonyl (C=O) groups excluding carboxylic acids is 1. The normalized spacial score (nSPS) is 11.1. The summed E-state index contributed by atoms with van der Waals surface area (Å²) >= 11 is 0. The maximum absolute atomic E-state index is 12.9. The fraction of sp³-hybridized carbons (Fsp3) is 0.120. The monoisotopic (exact) mass is 439 g/mol. The molecule has 0 fully saturated rings. The second-order valence-corrected chi connectivity index (χ2v) is 7.81. The summed E-state index contributed by atoms with van der Waals surface area (Å²) in [5, 5.41) is 6.72. The van der Waals surface area contributed by atoms with Crippen LogP contribution in [0.25, 0.3) is 27.5 Å². The molecular weight excluding hydrogens is 418 g/mol. The molecule has 0 saturated heterocycles. The first-order chi connectivity index (χ1) is 16.0. The van der Waals surface area contributed by atoms with Gasteiger partial charge in [-0.05, 0) is 60.0 Å². The molecule has 2 heterocycles. The SMILES string of the molecule is Cc1ccc(-n2ncc3c(=O)n(NC(=O)COc4ccc5ccccc5c4)cnc32)cc1C. The second-order valence-electron chi connectivity index (χ2n) is 7.81. The number of nitrogens with zero attached hydrogens (tertiary/aromatic N) is 4. The molecule has 5 rings (SSSR count). The molecule has 164 valence electrons. The summed E-state index contributed by atoms with van der Waals surface area (Å²) < 4.78 is 8.25. The van der Waals surface area contributed by atoms with Crippen molar-refractivity contribution in [3.63, 3.8) is 0 Å². The first kappa shape index (κ1) is 20.4. The van der Waals surface area contributed by atoms with Gasteiger partial charge in [0.05, 0.1) is 11.9 Å². The molecule has 8 nitrogen and oxygen atoms in total. The van der Waals surface area contributed by atoms with E-state index < -0.39 is 11.5 Å². The molecule has 0 radical (unpaired) electrons. The number of aryl methyl sites for hydroxylation is 2. The van der Waals surface area contributed by atoms with Gasteiger partial charge in [0.1, 0.15) is 17.5 Å². The Balaban J connectivity index is 1.33. The largest absolute Gasteiger partial charge is 0.484 e. The predicted octanol–water partition coefficient (Wildman–Crippen LogP) is 3.50. The fourth-order valence-corrected chi connectivity index (χ4v) is 3.61. The molecule has 8 heteroatoms. The number of aromatic nitrogens is 4. The molecule has 0 saturated carbocycles. The van der Waals surface area contributed by atoms with E-state index >= 15 is 0 Å². The van der Waals surface area contributed by atoms with Crippen molar-refractivity contribution in [1.29, 1.82) is 0 Å². The zero-order chi connectivity index (χ0) is 22.9. The quantitative estimate of drug-likeness (QED) is 0.453. The summed E-state index contributed by atoms with van der Waals surface area (Å²) in [5.74, 6) is 0.0902. The Labute approximate surface area is 189 Å². The Bertz CT molecular complexity index is 1570. The molecule has 0 bridgehead atoms. The van der Waals surface area contributed by atoms with E-state index in [2.05, 4.69) is 15.5 Å². The van der Waals surface area contributed by atoms with Gasteiger partial charge in [0.2, 0.25) is 0 Å². The molecule has 0 atom stereocenters. The maximum Gasteiger partial charge on any atom is 0.283 e. The molecule has 2 aromatic heterocycles. The second kappa shape index (κ2) is 8.23. The van der Waals surface area contributed by atoms with Crippen molar-refractivity contribution >= 4 is 27.7 Å². The lowest BCUT2D eigenvalue weighted by Gasteiger charge is -2.10. The van der Waals surface area contributed by atoms with Gasteiger partial charge >= 0.3 is 0 Å². The third kappa shape index (κ3) is 3.94. The van der Waals surface area contributed by atoms with E-state index in [1.807, 2.05) is 68.4 Å². The van der Waals surface area contributed by atoms with Crippen LogP contribution in [-0.4, -0.2) is 32.0 Å². The highest BCUT2D eigenvalue weighted by atomic mass is 16.5. The minimum absolute atomic E-state index is 0.245. The Morgan fingerprint density at radius 3 is 2.64 bits per heavy atom. The lowest BCUT2D eigenvalue weighted by molar-refractivity contribution is -0.119. The zero-order valence-electron chi connectivity index (χ0n) is 18.1. The Kier molecular flexibility index (Phi) is 5.10. The summed E-state index contributed by atoms with van der Waals surface area (Å²) in [6.45, 7) is 3.80. The third-order valence-corrected chi connectivity index (χ3v) is 5.56. The van der Waals surface area contributed by atoms with E-state index in [4.69, 9.17) is 4.74 Å². The van der Waals surface area contributed by atoms with Crippen LogP contribution in [0.2, 0.25) is 0 Å². The summed E-state index contributed by atoms with van der Waals surface area (Å²) in [6.07, 6.45) is 2.73. The number of benzene rings is 3. The molecule has 0 aliphatic rings. The number of amides is 1. The lowest BCUT2D eigenvalue weighted by Crippen LogP contribution is -2.35. The van der Waals surface area contributed by atoms with Crippen LogP contribution in [-0.2, 0) is 4.79 Å². The van der Waals surface area contributed by atoms with Gasteiger partial charge in [0.25, 0.3) is 11.5 Å². The highest BCUT2D eigenvalue weighted by Gasteiger charge is 2.13. The maximum atomic E-state index is 12.9. The van der Waals surface area contributed by atoms with Gasteiger partial charge in [-0.15, -0.1) is 0 Å². The predicted molar refractivity (Wildman–Crippen MR) is 126 cm³/mol. The molecule has 1 amide bonds. The summed E-state index contributed by atoms with van der Waals surface area (Å²) in [7, 11) is 0. The van der Waals surface area contributed by atoms with Gasteiger partial charge in [-0.25, -0.2) is 14.3 Å². The number of ether oxygens (including phenoxy) is 1. The van der Waals surface area contributed by atoms with E-state index in [-0.39, 0.29) is 6.61 Å². The number of carbonyl (C=O) groups is 1. The number of hydrogen-bond acceptors (Lipinski definition) is 5. The van der Waals surface area contributed by atoms with Gasteiger partial charge < -0.3 is 4.74 Å². The van der Waals surface area contributed by atoms with Crippen LogP contribution < -0.4 is 15.7 Å². The molecular formula is C25H21N5O3. The first-order valence-corrected chi connectivity index (χ1v) is 10.4. The van der Waals surface area contributed by atoms with Crippen molar-refractivity contribution in [2.24, 2.45) is 0 Å². The van der Waals surface area contributed by atoms with Crippen LogP contribution in [0.1, 0.15) is 11.1 Å². The average Bonchev–Trinajstić information content (AvgIpc) is 3.26. The van der Waals surface area contributed by atoms with Crippen molar-refractivity contribution in [2.75, 3.05) is 12.0 Å². The topological polar surface area (TPSA) is 91.0 Å². The van der Waals surface area contributed by atoms with Gasteiger partial charge in [-0.3, -0.25) is 15.0 Å². The first-order valence-electron chi connectivity index (χ1n) is 10.4. The molecule has 0 unspecified atom stereocenters. The molecule has 0 aliphatic carbocycles. The van der Waals surface area contributed by atoms with Crippen molar-refractivity contribution in [1.82, 2.24) is 19.4 Å². The Hall–Kier alpha value is -4.46. The van der Waals surface area contributed by atoms with E-state index in [0.717, 1.165) is 26.7 Å². The van der Waals surface area contributed by atoms with Crippen LogP contribution in [0, 0.1) is 13.8 Å².